The molecule has 0 radical (unpaired) electrons. The number of carbonyl (C=O) groups is 1. The Kier molecular flexibility index (Phi) is 5.07. The second kappa shape index (κ2) is 7.22. The summed E-state index contributed by atoms with van der Waals surface area (Å²) in [6.07, 6.45) is 7.01. The van der Waals surface area contributed by atoms with Gasteiger partial charge in [-0.05, 0) is 6.07 Å². The number of nitrogens with zero attached hydrogens (tertiary/aromatic N) is 3. The zero-order valence-corrected chi connectivity index (χ0v) is 11.7. The van der Waals surface area contributed by atoms with Crippen LogP contribution in [-0.2, 0) is 13.6 Å². The average Bonchev–Trinajstić information content (AvgIpc) is 2.91. The lowest BCUT2D eigenvalue weighted by molar-refractivity contribution is 0.0950. The zero-order chi connectivity index (χ0) is 15.1. The molecular weight excluding hydrogens is 268 g/mol. The molecule has 1 amide bonds. The predicted octanol–water partition coefficient (Wildman–Crippen LogP) is 0.479. The molecule has 21 heavy (non-hydrogen) atoms. The Balaban J connectivity index is 2.07. The van der Waals surface area contributed by atoms with Crippen molar-refractivity contribution in [3.63, 3.8) is 0 Å². The lowest BCUT2D eigenvalue weighted by atomic mass is 10.1. The molecule has 2 aromatic heterocycles. The second-order valence-corrected chi connectivity index (χ2v) is 4.40. The second-order valence-electron chi connectivity index (χ2n) is 4.40. The fourth-order valence-electron chi connectivity index (χ4n) is 1.75. The van der Waals surface area contributed by atoms with Gasteiger partial charge in [-0.1, -0.05) is 11.8 Å². The van der Waals surface area contributed by atoms with E-state index in [1.807, 2.05) is 13.2 Å². The Hall–Kier alpha value is -2.65. The molecule has 2 N–H and O–H groups in total. The highest BCUT2D eigenvalue weighted by Gasteiger charge is 2.10. The predicted molar refractivity (Wildman–Crippen MR) is 77.2 cm³/mol. The van der Waals surface area contributed by atoms with Gasteiger partial charge in [0.25, 0.3) is 5.91 Å². The lowest BCUT2D eigenvalue weighted by Crippen LogP contribution is -2.23. The monoisotopic (exact) mass is 284 g/mol. The number of aryl methyl sites for hydroxylation is 1. The van der Waals surface area contributed by atoms with E-state index in [0.717, 1.165) is 5.56 Å². The first kappa shape index (κ1) is 14.8. The minimum absolute atomic E-state index is 0.00417. The topological polar surface area (TPSA) is 80.0 Å². The van der Waals surface area contributed by atoms with Crippen LogP contribution in [-0.4, -0.2) is 32.4 Å². The van der Waals surface area contributed by atoms with Crippen molar-refractivity contribution in [2.75, 3.05) is 6.61 Å². The summed E-state index contributed by atoms with van der Waals surface area (Å²) in [4.78, 5) is 16.2. The molecular formula is C15H16N4O2. The van der Waals surface area contributed by atoms with Gasteiger partial charge in [0.2, 0.25) is 0 Å². The zero-order valence-electron chi connectivity index (χ0n) is 11.7. The summed E-state index contributed by atoms with van der Waals surface area (Å²) in [5.41, 5.74) is 1.95. The van der Waals surface area contributed by atoms with Crippen LogP contribution < -0.4 is 5.32 Å². The van der Waals surface area contributed by atoms with Crippen molar-refractivity contribution < 1.29 is 9.90 Å². The summed E-state index contributed by atoms with van der Waals surface area (Å²) in [6.45, 7) is 0.397. The molecule has 0 atom stereocenters. The smallest absolute Gasteiger partial charge is 0.252 e. The molecule has 108 valence electrons. The fourth-order valence-corrected chi connectivity index (χ4v) is 1.75. The maximum absolute atomic E-state index is 12.2. The third kappa shape index (κ3) is 4.16. The molecule has 0 aromatic carbocycles. The van der Waals surface area contributed by atoms with Gasteiger partial charge in [-0.2, -0.15) is 5.10 Å². The molecule has 0 spiro atoms. The first-order chi connectivity index (χ1) is 10.2. The van der Waals surface area contributed by atoms with Gasteiger partial charge in [0, 0.05) is 44.2 Å². The molecule has 6 nitrogen and oxygen atoms in total. The maximum Gasteiger partial charge on any atom is 0.252 e. The van der Waals surface area contributed by atoms with Gasteiger partial charge in [-0.15, -0.1) is 0 Å². The number of amides is 1. The third-order valence-corrected chi connectivity index (χ3v) is 2.74. The van der Waals surface area contributed by atoms with Crippen molar-refractivity contribution in [3.05, 3.63) is 47.5 Å². The standard InChI is InChI=1S/C15H16N4O2/c1-19-11-12(9-18-19)8-17-15(21)14-5-6-16-10-13(14)4-2-3-7-20/h5-6,9-11,20H,3,7-8H2,1H3,(H,17,21). The first-order valence-corrected chi connectivity index (χ1v) is 6.50. The van der Waals surface area contributed by atoms with Gasteiger partial charge in [-0.25, -0.2) is 0 Å². The molecule has 0 fully saturated rings. The van der Waals surface area contributed by atoms with Crippen LogP contribution in [0.15, 0.2) is 30.9 Å². The molecule has 0 unspecified atom stereocenters. The van der Waals surface area contributed by atoms with Gasteiger partial charge in [0.1, 0.15) is 0 Å². The van der Waals surface area contributed by atoms with Crippen molar-refractivity contribution >= 4 is 5.91 Å². The van der Waals surface area contributed by atoms with Gasteiger partial charge in [-0.3, -0.25) is 14.5 Å². The molecule has 6 heteroatoms. The van der Waals surface area contributed by atoms with E-state index in [2.05, 4.69) is 27.2 Å². The molecule has 0 aliphatic rings. The highest BCUT2D eigenvalue weighted by atomic mass is 16.2. The van der Waals surface area contributed by atoms with Gasteiger partial charge >= 0.3 is 0 Å². The van der Waals surface area contributed by atoms with E-state index < -0.39 is 0 Å². The van der Waals surface area contributed by atoms with Crippen molar-refractivity contribution in [3.8, 4) is 11.8 Å². The Morgan fingerprint density at radius 2 is 2.33 bits per heavy atom. The van der Waals surface area contributed by atoms with E-state index in [-0.39, 0.29) is 12.5 Å². The number of aromatic nitrogens is 3. The van der Waals surface area contributed by atoms with Crippen molar-refractivity contribution in [1.82, 2.24) is 20.1 Å². The SMILES string of the molecule is Cn1cc(CNC(=O)c2ccncc2C#CCCO)cn1. The third-order valence-electron chi connectivity index (χ3n) is 2.74. The largest absolute Gasteiger partial charge is 0.395 e. The highest BCUT2D eigenvalue weighted by molar-refractivity contribution is 5.96. The maximum atomic E-state index is 12.2. The molecule has 0 saturated heterocycles. The number of hydrogen-bond acceptors (Lipinski definition) is 4. The summed E-state index contributed by atoms with van der Waals surface area (Å²) in [5, 5.41) is 15.6. The quantitative estimate of drug-likeness (QED) is 0.800. The van der Waals surface area contributed by atoms with Crippen LogP contribution in [0.3, 0.4) is 0 Å². The van der Waals surface area contributed by atoms with Crippen LogP contribution in [0.1, 0.15) is 27.9 Å². The Labute approximate surface area is 122 Å². The van der Waals surface area contributed by atoms with Crippen LogP contribution in [0, 0.1) is 11.8 Å². The van der Waals surface area contributed by atoms with E-state index >= 15 is 0 Å². The Morgan fingerprint density at radius 1 is 1.48 bits per heavy atom. The van der Waals surface area contributed by atoms with Crippen LogP contribution in [0.5, 0.6) is 0 Å². The first-order valence-electron chi connectivity index (χ1n) is 6.50. The number of aliphatic hydroxyl groups is 1. The van der Waals surface area contributed by atoms with Crippen LogP contribution in [0.4, 0.5) is 0 Å². The number of rotatable bonds is 4. The Bertz CT molecular complexity index is 682. The van der Waals surface area contributed by atoms with Gasteiger partial charge in [0.05, 0.1) is 23.9 Å². The van der Waals surface area contributed by atoms with Crippen LogP contribution in [0.2, 0.25) is 0 Å². The summed E-state index contributed by atoms with van der Waals surface area (Å²) in [6, 6.07) is 1.63. The van der Waals surface area contributed by atoms with E-state index in [4.69, 9.17) is 5.11 Å². The van der Waals surface area contributed by atoms with Crippen molar-refractivity contribution in [2.24, 2.45) is 7.05 Å². The number of pyridine rings is 1. The molecule has 0 bridgehead atoms. The summed E-state index contributed by atoms with van der Waals surface area (Å²) >= 11 is 0. The minimum Gasteiger partial charge on any atom is -0.395 e. The molecule has 2 aromatic rings. The van der Waals surface area contributed by atoms with E-state index in [1.165, 1.54) is 0 Å². The highest BCUT2D eigenvalue weighted by Crippen LogP contribution is 2.06. The normalized spacial score (nSPS) is 9.81. The van der Waals surface area contributed by atoms with E-state index in [0.29, 0.717) is 24.1 Å². The van der Waals surface area contributed by atoms with E-state index in [9.17, 15) is 4.79 Å². The molecule has 0 saturated carbocycles. The molecule has 0 aliphatic carbocycles. The van der Waals surface area contributed by atoms with Crippen molar-refractivity contribution in [1.29, 1.82) is 0 Å². The summed E-state index contributed by atoms with van der Waals surface area (Å²) in [5.74, 6) is 5.42. The summed E-state index contributed by atoms with van der Waals surface area (Å²) in [7, 11) is 1.82. The number of nitrogens with one attached hydrogen (secondary N) is 1. The van der Waals surface area contributed by atoms with Gasteiger partial charge in [0.15, 0.2) is 0 Å². The summed E-state index contributed by atoms with van der Waals surface area (Å²) < 4.78 is 1.68. The fraction of sp³-hybridized carbons (Fsp3) is 0.267. The number of aliphatic hydroxyl groups excluding tert-OH is 1. The van der Waals surface area contributed by atoms with Gasteiger partial charge < -0.3 is 10.4 Å². The lowest BCUT2D eigenvalue weighted by Gasteiger charge is -2.05. The number of carbonyl (C=O) groups excluding carboxylic acids is 1. The average molecular weight is 284 g/mol. The Morgan fingerprint density at radius 3 is 3.05 bits per heavy atom. The minimum atomic E-state index is -0.213. The van der Waals surface area contributed by atoms with Crippen molar-refractivity contribution in [2.45, 2.75) is 13.0 Å². The molecule has 0 aliphatic heterocycles. The van der Waals surface area contributed by atoms with Crippen LogP contribution >= 0.6 is 0 Å². The van der Waals surface area contributed by atoms with Crippen LogP contribution in [0.25, 0.3) is 0 Å². The van der Waals surface area contributed by atoms with E-state index in [1.54, 1.807) is 29.3 Å². The molecule has 2 heterocycles. The molecule has 2 rings (SSSR count). The number of hydrogen-bond donors (Lipinski definition) is 2.